The molecule has 1 aliphatic heterocycles. The van der Waals surface area contributed by atoms with Crippen LogP contribution in [0.15, 0.2) is 56.7 Å². The van der Waals surface area contributed by atoms with Crippen LogP contribution in [0.4, 0.5) is 5.69 Å². The third-order valence-electron chi connectivity index (χ3n) is 3.18. The number of rotatable bonds is 2. The van der Waals surface area contributed by atoms with Gasteiger partial charge in [-0.15, -0.1) is 0 Å². The quantitative estimate of drug-likeness (QED) is 0.846. The highest BCUT2D eigenvalue weighted by Gasteiger charge is 2.29. The summed E-state index contributed by atoms with van der Waals surface area (Å²) in [6.07, 6.45) is 3.63. The Morgan fingerprint density at radius 1 is 1.15 bits per heavy atom. The first-order chi connectivity index (χ1) is 9.65. The Balaban J connectivity index is 2.00. The van der Waals surface area contributed by atoms with Crippen LogP contribution < -0.4 is 10.6 Å². The summed E-state index contributed by atoms with van der Waals surface area (Å²) in [5.41, 5.74) is 8.16. The average molecular weight is 396 g/mol. The maximum absolute atomic E-state index is 6.06. The second-order valence-electron chi connectivity index (χ2n) is 4.50. The van der Waals surface area contributed by atoms with Gasteiger partial charge in [0.1, 0.15) is 0 Å². The van der Waals surface area contributed by atoms with E-state index >= 15 is 0 Å². The van der Waals surface area contributed by atoms with Crippen molar-refractivity contribution in [2.24, 2.45) is 10.7 Å². The van der Waals surface area contributed by atoms with Gasteiger partial charge in [-0.05, 0) is 45.8 Å². The molecule has 2 N–H and O–H groups in total. The van der Waals surface area contributed by atoms with E-state index in [4.69, 9.17) is 5.73 Å². The van der Waals surface area contributed by atoms with Crippen molar-refractivity contribution in [3.63, 3.8) is 0 Å². The summed E-state index contributed by atoms with van der Waals surface area (Å²) < 4.78 is 1.97. The molecule has 0 spiro atoms. The van der Waals surface area contributed by atoms with E-state index < -0.39 is 0 Å². The zero-order valence-electron chi connectivity index (χ0n) is 10.5. The summed E-state index contributed by atoms with van der Waals surface area (Å²) in [7, 11) is 0. The summed E-state index contributed by atoms with van der Waals surface area (Å²) >= 11 is 6.94. The SMILES string of the molecule is NC1=NCC(c2cncc(Br)c2)N1c1cccc(Br)c1. The molecule has 6 heteroatoms. The lowest BCUT2D eigenvalue weighted by Gasteiger charge is -2.26. The molecular formula is C14H12Br2N4. The zero-order valence-corrected chi connectivity index (χ0v) is 13.7. The number of aliphatic imine (C=N–C) groups is 1. The second kappa shape index (κ2) is 5.54. The number of guanidine groups is 1. The highest BCUT2D eigenvalue weighted by Crippen LogP contribution is 2.32. The molecule has 2 aromatic rings. The first kappa shape index (κ1) is 13.6. The largest absolute Gasteiger partial charge is 0.369 e. The molecular weight excluding hydrogens is 384 g/mol. The monoisotopic (exact) mass is 394 g/mol. The summed E-state index contributed by atoms with van der Waals surface area (Å²) in [5.74, 6) is 0.535. The van der Waals surface area contributed by atoms with Gasteiger partial charge in [-0.25, -0.2) is 0 Å². The number of pyridine rings is 1. The number of hydrogen-bond donors (Lipinski definition) is 1. The van der Waals surface area contributed by atoms with Crippen LogP contribution in [-0.4, -0.2) is 17.5 Å². The van der Waals surface area contributed by atoms with Crippen molar-refractivity contribution in [2.45, 2.75) is 6.04 Å². The van der Waals surface area contributed by atoms with Gasteiger partial charge in [0.25, 0.3) is 0 Å². The van der Waals surface area contributed by atoms with Crippen LogP contribution in [0.2, 0.25) is 0 Å². The molecule has 0 fully saturated rings. The van der Waals surface area contributed by atoms with Gasteiger partial charge < -0.3 is 10.6 Å². The van der Waals surface area contributed by atoms with Crippen molar-refractivity contribution in [3.05, 3.63) is 57.2 Å². The molecule has 0 saturated heterocycles. The lowest BCUT2D eigenvalue weighted by Crippen LogP contribution is -2.36. The summed E-state index contributed by atoms with van der Waals surface area (Å²) in [4.78, 5) is 10.6. The van der Waals surface area contributed by atoms with Crippen molar-refractivity contribution in [1.29, 1.82) is 0 Å². The van der Waals surface area contributed by atoms with Gasteiger partial charge in [0, 0.05) is 27.0 Å². The number of nitrogens with zero attached hydrogens (tertiary/aromatic N) is 3. The van der Waals surface area contributed by atoms with Crippen molar-refractivity contribution >= 4 is 43.5 Å². The Kier molecular flexibility index (Phi) is 3.76. The van der Waals surface area contributed by atoms with Crippen LogP contribution in [0.1, 0.15) is 11.6 Å². The molecule has 102 valence electrons. The standard InChI is InChI=1S/C14H12Br2N4/c15-10-2-1-3-12(5-10)20-13(8-19-14(20)17)9-4-11(16)7-18-6-9/h1-7,13H,8H2,(H2,17,19). The smallest absolute Gasteiger partial charge is 0.196 e. The van der Waals surface area contributed by atoms with Gasteiger partial charge in [0.15, 0.2) is 5.96 Å². The van der Waals surface area contributed by atoms with Crippen molar-refractivity contribution < 1.29 is 0 Å². The number of aromatic nitrogens is 1. The fraction of sp³-hybridized carbons (Fsp3) is 0.143. The Morgan fingerprint density at radius 3 is 2.75 bits per heavy atom. The van der Waals surface area contributed by atoms with Gasteiger partial charge in [-0.3, -0.25) is 9.98 Å². The Morgan fingerprint density at radius 2 is 2.00 bits per heavy atom. The molecule has 0 radical (unpaired) electrons. The van der Waals surface area contributed by atoms with Gasteiger partial charge in [0.2, 0.25) is 0 Å². The van der Waals surface area contributed by atoms with E-state index in [-0.39, 0.29) is 6.04 Å². The fourth-order valence-electron chi connectivity index (χ4n) is 2.30. The van der Waals surface area contributed by atoms with Gasteiger partial charge in [-0.2, -0.15) is 0 Å². The predicted molar refractivity (Wildman–Crippen MR) is 87.8 cm³/mol. The Hall–Kier alpha value is -1.40. The molecule has 20 heavy (non-hydrogen) atoms. The van der Waals surface area contributed by atoms with E-state index in [1.807, 2.05) is 35.4 Å². The zero-order chi connectivity index (χ0) is 14.1. The van der Waals surface area contributed by atoms with Crippen LogP contribution in [0.25, 0.3) is 0 Å². The number of halogens is 2. The first-order valence-electron chi connectivity index (χ1n) is 6.10. The normalized spacial score (nSPS) is 18.2. The van der Waals surface area contributed by atoms with Crippen LogP contribution in [0.5, 0.6) is 0 Å². The minimum absolute atomic E-state index is 0.0781. The lowest BCUT2D eigenvalue weighted by molar-refractivity contribution is 0.763. The minimum Gasteiger partial charge on any atom is -0.369 e. The molecule has 0 aliphatic carbocycles. The first-order valence-corrected chi connectivity index (χ1v) is 7.69. The van der Waals surface area contributed by atoms with Crippen LogP contribution in [-0.2, 0) is 0 Å². The Bertz CT molecular complexity index is 672. The number of benzene rings is 1. The minimum atomic E-state index is 0.0781. The number of anilines is 1. The topological polar surface area (TPSA) is 54.5 Å². The molecule has 0 amide bonds. The van der Waals surface area contributed by atoms with Crippen LogP contribution >= 0.6 is 31.9 Å². The van der Waals surface area contributed by atoms with E-state index in [9.17, 15) is 0 Å². The summed E-state index contributed by atoms with van der Waals surface area (Å²) in [6, 6.07) is 10.2. The van der Waals surface area contributed by atoms with E-state index in [1.165, 1.54) is 0 Å². The van der Waals surface area contributed by atoms with Gasteiger partial charge >= 0.3 is 0 Å². The highest BCUT2D eigenvalue weighted by atomic mass is 79.9. The van der Waals surface area contributed by atoms with E-state index in [1.54, 1.807) is 6.20 Å². The van der Waals surface area contributed by atoms with Gasteiger partial charge in [-0.1, -0.05) is 22.0 Å². The maximum atomic E-state index is 6.06. The van der Waals surface area contributed by atoms with E-state index in [0.29, 0.717) is 12.5 Å². The summed E-state index contributed by atoms with van der Waals surface area (Å²) in [5, 5.41) is 0. The van der Waals surface area contributed by atoms with Crippen LogP contribution in [0, 0.1) is 0 Å². The second-order valence-corrected chi connectivity index (χ2v) is 6.33. The highest BCUT2D eigenvalue weighted by molar-refractivity contribution is 9.10. The Labute approximate surface area is 134 Å². The molecule has 0 saturated carbocycles. The van der Waals surface area contributed by atoms with Crippen molar-refractivity contribution in [1.82, 2.24) is 4.98 Å². The lowest BCUT2D eigenvalue weighted by atomic mass is 10.1. The van der Waals surface area contributed by atoms with E-state index in [0.717, 1.165) is 20.2 Å². The predicted octanol–water partition coefficient (Wildman–Crippen LogP) is 3.48. The van der Waals surface area contributed by atoms with Crippen LogP contribution in [0.3, 0.4) is 0 Å². The molecule has 1 aromatic carbocycles. The van der Waals surface area contributed by atoms with Crippen molar-refractivity contribution in [2.75, 3.05) is 11.4 Å². The fourth-order valence-corrected chi connectivity index (χ4v) is 3.07. The molecule has 0 bridgehead atoms. The molecule has 3 rings (SSSR count). The van der Waals surface area contributed by atoms with E-state index in [2.05, 4.69) is 47.9 Å². The molecule has 4 nitrogen and oxygen atoms in total. The summed E-state index contributed by atoms with van der Waals surface area (Å²) in [6.45, 7) is 0.635. The number of nitrogens with two attached hydrogens (primary N) is 1. The third-order valence-corrected chi connectivity index (χ3v) is 4.11. The molecule has 1 aromatic heterocycles. The van der Waals surface area contributed by atoms with Gasteiger partial charge in [0.05, 0.1) is 12.6 Å². The van der Waals surface area contributed by atoms with Crippen molar-refractivity contribution in [3.8, 4) is 0 Å². The third kappa shape index (κ3) is 2.58. The molecule has 2 heterocycles. The maximum Gasteiger partial charge on any atom is 0.196 e. The average Bonchev–Trinajstić information content (AvgIpc) is 2.80. The number of hydrogen-bond acceptors (Lipinski definition) is 4. The molecule has 1 aliphatic rings. The molecule has 1 atom stereocenters. The molecule has 1 unspecified atom stereocenters.